The predicted octanol–water partition coefficient (Wildman–Crippen LogP) is 2.22. The summed E-state index contributed by atoms with van der Waals surface area (Å²) in [5, 5.41) is 0. The Morgan fingerprint density at radius 3 is 2.79 bits per heavy atom. The lowest BCUT2D eigenvalue weighted by Crippen LogP contribution is -2.44. The van der Waals surface area contributed by atoms with Gasteiger partial charge >= 0.3 is 0 Å². The molecule has 0 N–H and O–H groups in total. The Morgan fingerprint density at radius 2 is 1.93 bits per heavy atom. The van der Waals surface area contributed by atoms with E-state index in [0.29, 0.717) is 37.8 Å². The minimum absolute atomic E-state index is 0.0229. The average Bonchev–Trinajstić information content (AvgIpc) is 3.34. The number of benzene rings is 1. The van der Waals surface area contributed by atoms with Gasteiger partial charge in [0.05, 0.1) is 12.0 Å². The summed E-state index contributed by atoms with van der Waals surface area (Å²) in [6, 6.07) is 9.61. The molecule has 0 radical (unpaired) electrons. The first kappa shape index (κ1) is 17.2. The molecular weight excluding hydrogens is 358 g/mol. The lowest BCUT2D eigenvalue weighted by molar-refractivity contribution is -0.139. The second kappa shape index (κ2) is 6.58. The average molecular weight is 381 g/mol. The third-order valence-corrected chi connectivity index (χ3v) is 5.94. The van der Waals surface area contributed by atoms with E-state index < -0.39 is 0 Å². The smallest absolute Gasteiger partial charge is 0.228 e. The quantitative estimate of drug-likeness (QED) is 0.800. The van der Waals surface area contributed by atoms with Gasteiger partial charge in [0, 0.05) is 49.7 Å². The molecule has 2 unspecified atom stereocenters. The summed E-state index contributed by atoms with van der Waals surface area (Å²) in [5.41, 5.74) is 1.90. The van der Waals surface area contributed by atoms with Crippen molar-refractivity contribution >= 4 is 17.5 Å². The summed E-state index contributed by atoms with van der Waals surface area (Å²) in [6.07, 6.45) is 2.30. The maximum absolute atomic E-state index is 13.2. The van der Waals surface area contributed by atoms with Gasteiger partial charge in [-0.3, -0.25) is 9.59 Å². The molecule has 146 valence electrons. The van der Waals surface area contributed by atoms with Gasteiger partial charge in [0.25, 0.3) is 0 Å². The Kier molecular flexibility index (Phi) is 4.03. The van der Waals surface area contributed by atoms with Crippen LogP contribution in [-0.4, -0.2) is 47.6 Å². The van der Waals surface area contributed by atoms with E-state index in [2.05, 4.69) is 23.8 Å². The molecular formula is C21H23N3O4. The van der Waals surface area contributed by atoms with Crippen molar-refractivity contribution in [3.63, 3.8) is 0 Å². The van der Waals surface area contributed by atoms with Crippen molar-refractivity contribution in [3.05, 3.63) is 42.2 Å². The van der Waals surface area contributed by atoms with E-state index in [-0.39, 0.29) is 30.2 Å². The first-order chi connectivity index (χ1) is 13.6. The zero-order valence-corrected chi connectivity index (χ0v) is 15.8. The third-order valence-electron chi connectivity index (χ3n) is 5.94. The standard InChI is InChI=1S/C21H23N3O4/c1-14-17-3-2-6-22(17)7-8-23(14)21(26)15-11-20(25)24(13-15)16-4-5-18-19(12-16)28-10-9-27-18/h2-6,12,14-15H,7-11,13H2,1H3. The minimum atomic E-state index is -0.315. The van der Waals surface area contributed by atoms with E-state index in [1.165, 1.54) is 0 Å². The number of ether oxygens (including phenoxy) is 2. The molecule has 2 atom stereocenters. The molecule has 0 spiro atoms. The Labute approximate surface area is 163 Å². The highest BCUT2D eigenvalue weighted by molar-refractivity contribution is 6.00. The van der Waals surface area contributed by atoms with E-state index in [4.69, 9.17) is 9.47 Å². The van der Waals surface area contributed by atoms with Gasteiger partial charge < -0.3 is 23.8 Å². The van der Waals surface area contributed by atoms with E-state index in [1.807, 2.05) is 29.2 Å². The van der Waals surface area contributed by atoms with Crippen LogP contribution < -0.4 is 14.4 Å². The lowest BCUT2D eigenvalue weighted by atomic mass is 10.0. The van der Waals surface area contributed by atoms with Crippen LogP contribution in [0.4, 0.5) is 5.69 Å². The van der Waals surface area contributed by atoms with Gasteiger partial charge in [-0.2, -0.15) is 0 Å². The number of aromatic nitrogens is 1. The SMILES string of the molecule is CC1c2cccn2CCN1C(=O)C1CC(=O)N(c2ccc3c(c2)OCCO3)C1. The van der Waals surface area contributed by atoms with Gasteiger partial charge in [-0.15, -0.1) is 0 Å². The second-order valence-electron chi connectivity index (χ2n) is 7.57. The molecule has 1 aromatic carbocycles. The summed E-state index contributed by atoms with van der Waals surface area (Å²) < 4.78 is 13.4. The fraction of sp³-hybridized carbons (Fsp3) is 0.429. The Balaban J connectivity index is 1.33. The fourth-order valence-corrected chi connectivity index (χ4v) is 4.44. The van der Waals surface area contributed by atoms with Gasteiger partial charge in [0.15, 0.2) is 11.5 Å². The first-order valence-corrected chi connectivity index (χ1v) is 9.77. The molecule has 7 nitrogen and oxygen atoms in total. The topological polar surface area (TPSA) is 64.0 Å². The van der Waals surface area contributed by atoms with Crippen molar-refractivity contribution in [3.8, 4) is 11.5 Å². The molecule has 7 heteroatoms. The summed E-state index contributed by atoms with van der Waals surface area (Å²) >= 11 is 0. The lowest BCUT2D eigenvalue weighted by Gasteiger charge is -2.36. The van der Waals surface area contributed by atoms with E-state index in [9.17, 15) is 9.59 Å². The zero-order chi connectivity index (χ0) is 19.3. The summed E-state index contributed by atoms with van der Waals surface area (Å²) in [6.45, 7) is 4.96. The number of carbonyl (C=O) groups is 2. The van der Waals surface area contributed by atoms with E-state index in [1.54, 1.807) is 4.90 Å². The number of hydrogen-bond donors (Lipinski definition) is 0. The molecule has 3 aliphatic heterocycles. The van der Waals surface area contributed by atoms with Gasteiger partial charge in [0.1, 0.15) is 13.2 Å². The summed E-state index contributed by atoms with van der Waals surface area (Å²) in [5.74, 6) is 1.07. The molecule has 1 aromatic heterocycles. The normalized spacial score (nSPS) is 23.7. The molecule has 2 aromatic rings. The highest BCUT2D eigenvalue weighted by Gasteiger charge is 2.39. The molecule has 28 heavy (non-hydrogen) atoms. The minimum Gasteiger partial charge on any atom is -0.486 e. The predicted molar refractivity (Wildman–Crippen MR) is 102 cm³/mol. The van der Waals surface area contributed by atoms with Crippen LogP contribution in [0.1, 0.15) is 25.1 Å². The molecule has 0 saturated carbocycles. The van der Waals surface area contributed by atoms with Crippen molar-refractivity contribution in [2.24, 2.45) is 5.92 Å². The van der Waals surface area contributed by atoms with Crippen molar-refractivity contribution in [1.82, 2.24) is 9.47 Å². The molecule has 2 amide bonds. The molecule has 0 bridgehead atoms. The van der Waals surface area contributed by atoms with Gasteiger partial charge in [-0.05, 0) is 31.2 Å². The fourth-order valence-electron chi connectivity index (χ4n) is 4.44. The van der Waals surface area contributed by atoms with Crippen LogP contribution in [-0.2, 0) is 16.1 Å². The number of fused-ring (bicyclic) bond motifs is 2. The van der Waals surface area contributed by atoms with Crippen molar-refractivity contribution < 1.29 is 19.1 Å². The van der Waals surface area contributed by atoms with Crippen LogP contribution in [0, 0.1) is 5.92 Å². The highest BCUT2D eigenvalue weighted by Crippen LogP contribution is 2.37. The van der Waals surface area contributed by atoms with Crippen LogP contribution >= 0.6 is 0 Å². The van der Waals surface area contributed by atoms with Crippen LogP contribution in [0.15, 0.2) is 36.5 Å². The maximum Gasteiger partial charge on any atom is 0.228 e. The molecule has 5 rings (SSSR count). The first-order valence-electron chi connectivity index (χ1n) is 9.77. The third kappa shape index (κ3) is 2.73. The Hall–Kier alpha value is -2.96. The van der Waals surface area contributed by atoms with Gasteiger partial charge in [-0.1, -0.05) is 0 Å². The van der Waals surface area contributed by atoms with E-state index >= 15 is 0 Å². The van der Waals surface area contributed by atoms with Crippen LogP contribution in [0.3, 0.4) is 0 Å². The van der Waals surface area contributed by atoms with E-state index in [0.717, 1.165) is 17.9 Å². The number of carbonyl (C=O) groups excluding carboxylic acids is 2. The number of amides is 2. The molecule has 1 fully saturated rings. The van der Waals surface area contributed by atoms with Gasteiger partial charge in [0.2, 0.25) is 11.8 Å². The Morgan fingerprint density at radius 1 is 1.11 bits per heavy atom. The highest BCUT2D eigenvalue weighted by atomic mass is 16.6. The monoisotopic (exact) mass is 381 g/mol. The van der Waals surface area contributed by atoms with Crippen LogP contribution in [0.2, 0.25) is 0 Å². The summed E-state index contributed by atoms with van der Waals surface area (Å²) in [4.78, 5) is 29.5. The molecule has 0 aliphatic carbocycles. The van der Waals surface area contributed by atoms with Crippen LogP contribution in [0.5, 0.6) is 11.5 Å². The zero-order valence-electron chi connectivity index (χ0n) is 15.8. The summed E-state index contributed by atoms with van der Waals surface area (Å²) in [7, 11) is 0. The molecule has 4 heterocycles. The Bertz CT molecular complexity index is 937. The largest absolute Gasteiger partial charge is 0.486 e. The van der Waals surface area contributed by atoms with Crippen molar-refractivity contribution in [2.75, 3.05) is 31.2 Å². The van der Waals surface area contributed by atoms with Crippen LogP contribution in [0.25, 0.3) is 0 Å². The molecule has 1 saturated heterocycles. The van der Waals surface area contributed by atoms with Crippen molar-refractivity contribution in [2.45, 2.75) is 25.9 Å². The maximum atomic E-state index is 13.2. The van der Waals surface area contributed by atoms with Gasteiger partial charge in [-0.25, -0.2) is 0 Å². The number of rotatable bonds is 2. The number of hydrogen-bond acceptors (Lipinski definition) is 4. The number of anilines is 1. The second-order valence-corrected chi connectivity index (χ2v) is 7.57. The number of nitrogens with zero attached hydrogens (tertiary/aromatic N) is 3. The molecule has 3 aliphatic rings. The van der Waals surface area contributed by atoms with Crippen molar-refractivity contribution in [1.29, 1.82) is 0 Å².